The minimum absolute atomic E-state index is 0.157. The molecule has 0 unspecified atom stereocenters. The van der Waals surface area contributed by atoms with Crippen LogP contribution in [0.4, 0.5) is 4.79 Å². The van der Waals surface area contributed by atoms with Crippen LogP contribution in [-0.2, 0) is 6.54 Å². The van der Waals surface area contributed by atoms with Crippen molar-refractivity contribution < 1.29 is 14.6 Å². The van der Waals surface area contributed by atoms with E-state index in [4.69, 9.17) is 15.1 Å². The molecule has 1 amide bonds. The van der Waals surface area contributed by atoms with Crippen molar-refractivity contribution >= 4 is 6.09 Å². The van der Waals surface area contributed by atoms with Gasteiger partial charge in [-0.1, -0.05) is 6.07 Å². The molecule has 1 aromatic carbocycles. The lowest BCUT2D eigenvalue weighted by molar-refractivity contribution is 0.194. The molecule has 0 aliphatic heterocycles. The second kappa shape index (κ2) is 4.86. The van der Waals surface area contributed by atoms with Gasteiger partial charge in [-0.15, -0.1) is 0 Å². The summed E-state index contributed by atoms with van der Waals surface area (Å²) in [6, 6.07) is 6.82. The summed E-state index contributed by atoms with van der Waals surface area (Å²) in [7, 11) is 1.47. The van der Waals surface area contributed by atoms with Crippen molar-refractivity contribution in [1.29, 1.82) is 5.26 Å². The molecule has 0 radical (unpaired) electrons. The van der Waals surface area contributed by atoms with Crippen molar-refractivity contribution in [2.24, 2.45) is 0 Å². The van der Waals surface area contributed by atoms with E-state index in [0.717, 1.165) is 0 Å². The normalized spacial score (nSPS) is 9.07. The molecule has 5 nitrogen and oxygen atoms in total. The van der Waals surface area contributed by atoms with Crippen LogP contribution in [0.25, 0.3) is 0 Å². The molecule has 0 saturated heterocycles. The summed E-state index contributed by atoms with van der Waals surface area (Å²) in [4.78, 5) is 10.3. The molecule has 0 aliphatic rings. The van der Waals surface area contributed by atoms with Crippen LogP contribution < -0.4 is 10.1 Å². The second-order valence-electron chi connectivity index (χ2n) is 2.80. The molecule has 78 valence electrons. The van der Waals surface area contributed by atoms with Crippen molar-refractivity contribution in [2.45, 2.75) is 6.54 Å². The first kappa shape index (κ1) is 10.9. The number of nitriles is 1. The Bertz CT molecular complexity index is 410. The van der Waals surface area contributed by atoms with E-state index in [2.05, 4.69) is 5.32 Å². The first-order valence-corrected chi connectivity index (χ1v) is 4.21. The summed E-state index contributed by atoms with van der Waals surface area (Å²) >= 11 is 0. The van der Waals surface area contributed by atoms with E-state index >= 15 is 0 Å². The molecule has 0 spiro atoms. The molecule has 0 fully saturated rings. The van der Waals surface area contributed by atoms with Crippen LogP contribution >= 0.6 is 0 Å². The van der Waals surface area contributed by atoms with E-state index in [1.807, 2.05) is 6.07 Å². The van der Waals surface area contributed by atoms with Gasteiger partial charge >= 0.3 is 6.09 Å². The van der Waals surface area contributed by atoms with Gasteiger partial charge < -0.3 is 15.2 Å². The third kappa shape index (κ3) is 2.88. The third-order valence-electron chi connectivity index (χ3n) is 1.85. The van der Waals surface area contributed by atoms with Crippen LogP contribution in [0.3, 0.4) is 0 Å². The predicted molar refractivity (Wildman–Crippen MR) is 52.6 cm³/mol. The zero-order chi connectivity index (χ0) is 11.3. The van der Waals surface area contributed by atoms with Gasteiger partial charge in [0, 0.05) is 12.1 Å². The number of methoxy groups -OCH3 is 1. The summed E-state index contributed by atoms with van der Waals surface area (Å²) in [5.74, 6) is 0.503. The highest BCUT2D eigenvalue weighted by Crippen LogP contribution is 2.19. The summed E-state index contributed by atoms with van der Waals surface area (Å²) in [5, 5.41) is 19.3. The topological polar surface area (TPSA) is 82.3 Å². The van der Waals surface area contributed by atoms with Crippen LogP contribution in [0.1, 0.15) is 11.1 Å². The Morgan fingerprint density at radius 2 is 2.40 bits per heavy atom. The number of ether oxygens (including phenoxy) is 1. The van der Waals surface area contributed by atoms with Crippen molar-refractivity contribution in [3.05, 3.63) is 29.3 Å². The Kier molecular flexibility index (Phi) is 3.52. The van der Waals surface area contributed by atoms with E-state index in [0.29, 0.717) is 16.9 Å². The van der Waals surface area contributed by atoms with Crippen molar-refractivity contribution in [3.63, 3.8) is 0 Å². The first-order chi connectivity index (χ1) is 7.17. The average Bonchev–Trinajstić information content (AvgIpc) is 2.25. The van der Waals surface area contributed by atoms with Gasteiger partial charge in [0.2, 0.25) is 0 Å². The smallest absolute Gasteiger partial charge is 0.404 e. The molecule has 0 heterocycles. The van der Waals surface area contributed by atoms with Crippen molar-refractivity contribution in [2.75, 3.05) is 7.11 Å². The molecule has 1 rings (SSSR count). The largest absolute Gasteiger partial charge is 0.496 e. The molecule has 0 bridgehead atoms. The molecule has 1 aromatic rings. The zero-order valence-electron chi connectivity index (χ0n) is 8.15. The van der Waals surface area contributed by atoms with E-state index in [-0.39, 0.29) is 6.54 Å². The molecular weight excluding hydrogens is 196 g/mol. The number of rotatable bonds is 3. The van der Waals surface area contributed by atoms with Gasteiger partial charge in [0.15, 0.2) is 0 Å². The Hall–Kier alpha value is -2.22. The Balaban J connectivity index is 2.88. The second-order valence-corrected chi connectivity index (χ2v) is 2.80. The van der Waals surface area contributed by atoms with Crippen LogP contribution in [-0.4, -0.2) is 18.3 Å². The van der Waals surface area contributed by atoms with E-state index in [9.17, 15) is 4.79 Å². The van der Waals surface area contributed by atoms with Crippen LogP contribution in [0.15, 0.2) is 18.2 Å². The highest BCUT2D eigenvalue weighted by atomic mass is 16.5. The molecule has 0 aromatic heterocycles. The number of nitrogens with one attached hydrogen (secondary N) is 1. The Morgan fingerprint density at radius 3 is 2.93 bits per heavy atom. The standard InChI is InChI=1S/C10H10N2O3/c1-15-9-4-7(5-11)2-3-8(9)6-12-10(13)14/h2-4,12H,6H2,1H3,(H,13,14). The monoisotopic (exact) mass is 206 g/mol. The zero-order valence-corrected chi connectivity index (χ0v) is 8.15. The summed E-state index contributed by atoms with van der Waals surface area (Å²) in [5.41, 5.74) is 1.17. The van der Waals surface area contributed by atoms with E-state index in [1.54, 1.807) is 18.2 Å². The quantitative estimate of drug-likeness (QED) is 0.781. The predicted octanol–water partition coefficient (Wildman–Crippen LogP) is 1.33. The molecule has 5 heteroatoms. The molecule has 0 aliphatic carbocycles. The number of hydrogen-bond donors (Lipinski definition) is 2. The van der Waals surface area contributed by atoms with Gasteiger partial charge in [-0.2, -0.15) is 5.26 Å². The highest BCUT2D eigenvalue weighted by molar-refractivity contribution is 5.64. The molecule has 0 atom stereocenters. The van der Waals surface area contributed by atoms with Gasteiger partial charge in [0.05, 0.1) is 18.7 Å². The lowest BCUT2D eigenvalue weighted by Gasteiger charge is -2.08. The molecular formula is C10H10N2O3. The minimum atomic E-state index is -1.10. The maximum atomic E-state index is 10.3. The third-order valence-corrected chi connectivity index (χ3v) is 1.85. The van der Waals surface area contributed by atoms with Gasteiger partial charge in [-0.3, -0.25) is 0 Å². The molecule has 2 N–H and O–H groups in total. The van der Waals surface area contributed by atoms with Crippen LogP contribution in [0, 0.1) is 11.3 Å². The van der Waals surface area contributed by atoms with Crippen LogP contribution in [0.2, 0.25) is 0 Å². The number of hydrogen-bond acceptors (Lipinski definition) is 3. The number of carbonyl (C=O) groups is 1. The average molecular weight is 206 g/mol. The lowest BCUT2D eigenvalue weighted by Crippen LogP contribution is -2.20. The number of nitrogens with zero attached hydrogens (tertiary/aromatic N) is 1. The van der Waals surface area contributed by atoms with Gasteiger partial charge in [-0.05, 0) is 12.1 Å². The summed E-state index contributed by atoms with van der Waals surface area (Å²) < 4.78 is 5.04. The van der Waals surface area contributed by atoms with Gasteiger partial charge in [0.1, 0.15) is 5.75 Å². The molecule has 0 saturated carbocycles. The summed E-state index contributed by atoms with van der Waals surface area (Å²) in [6.07, 6.45) is -1.10. The van der Waals surface area contributed by atoms with Gasteiger partial charge in [-0.25, -0.2) is 4.79 Å². The maximum Gasteiger partial charge on any atom is 0.404 e. The van der Waals surface area contributed by atoms with Crippen molar-refractivity contribution in [3.8, 4) is 11.8 Å². The summed E-state index contributed by atoms with van der Waals surface area (Å²) in [6.45, 7) is 0.157. The minimum Gasteiger partial charge on any atom is -0.496 e. The number of carboxylic acid groups (broad SMARTS) is 1. The maximum absolute atomic E-state index is 10.3. The Labute approximate surface area is 86.9 Å². The number of benzene rings is 1. The fourth-order valence-corrected chi connectivity index (χ4v) is 1.13. The number of amides is 1. The first-order valence-electron chi connectivity index (χ1n) is 4.21. The molecule has 15 heavy (non-hydrogen) atoms. The highest BCUT2D eigenvalue weighted by Gasteiger charge is 2.05. The van der Waals surface area contributed by atoms with E-state index in [1.165, 1.54) is 7.11 Å². The lowest BCUT2D eigenvalue weighted by atomic mass is 10.1. The SMILES string of the molecule is COc1cc(C#N)ccc1CNC(=O)O. The fourth-order valence-electron chi connectivity index (χ4n) is 1.13. The van der Waals surface area contributed by atoms with Crippen molar-refractivity contribution in [1.82, 2.24) is 5.32 Å². The van der Waals surface area contributed by atoms with Crippen LogP contribution in [0.5, 0.6) is 5.75 Å². The van der Waals surface area contributed by atoms with Gasteiger partial charge in [0.25, 0.3) is 0 Å². The van der Waals surface area contributed by atoms with E-state index < -0.39 is 6.09 Å². The fraction of sp³-hybridized carbons (Fsp3) is 0.200. The Morgan fingerprint density at radius 1 is 1.67 bits per heavy atom.